The Morgan fingerprint density at radius 1 is 1.19 bits per heavy atom. The molecule has 196 valence electrons. The number of rotatable bonds is 5. The Morgan fingerprint density at radius 3 is 2.46 bits per heavy atom. The lowest BCUT2D eigenvalue weighted by atomic mass is 9.98. The smallest absolute Gasteiger partial charge is 0.406 e. The van der Waals surface area contributed by atoms with Crippen LogP contribution in [0.5, 0.6) is 5.75 Å². The maximum absolute atomic E-state index is 15.5. The number of anilines is 1. The number of aryl methyl sites for hydroxylation is 1. The lowest BCUT2D eigenvalue weighted by molar-refractivity contribution is -0.274. The van der Waals surface area contributed by atoms with Crippen molar-refractivity contribution in [3.63, 3.8) is 0 Å². The molecule has 7 nitrogen and oxygen atoms in total. The highest BCUT2D eigenvalue weighted by Crippen LogP contribution is 2.35. The molecule has 0 radical (unpaired) electrons. The van der Waals surface area contributed by atoms with E-state index < -0.39 is 17.7 Å². The summed E-state index contributed by atoms with van der Waals surface area (Å²) < 4.78 is 58.2. The number of pyridine rings is 2. The minimum atomic E-state index is -4.76. The molecule has 1 aromatic carbocycles. The van der Waals surface area contributed by atoms with Gasteiger partial charge < -0.3 is 14.2 Å². The number of hydrogen-bond acceptors (Lipinski definition) is 6. The van der Waals surface area contributed by atoms with Crippen LogP contribution >= 0.6 is 0 Å². The fourth-order valence-corrected chi connectivity index (χ4v) is 5.04. The summed E-state index contributed by atoms with van der Waals surface area (Å²) in [5.74, 6) is -1.20. The van der Waals surface area contributed by atoms with Crippen LogP contribution in [-0.4, -0.2) is 46.0 Å². The van der Waals surface area contributed by atoms with Crippen LogP contribution in [0.3, 0.4) is 0 Å². The van der Waals surface area contributed by atoms with E-state index in [2.05, 4.69) is 14.6 Å². The lowest BCUT2D eigenvalue weighted by Gasteiger charge is -2.48. The molecule has 0 saturated carbocycles. The zero-order chi connectivity index (χ0) is 27.1. The van der Waals surface area contributed by atoms with Crippen LogP contribution in [0.2, 0.25) is 0 Å². The van der Waals surface area contributed by atoms with E-state index in [9.17, 15) is 23.2 Å². The van der Waals surface area contributed by atoms with E-state index >= 15 is 4.39 Å². The number of nitrogens with zero attached hydrogens (tertiary/aromatic N) is 5. The predicted octanol–water partition coefficient (Wildman–Crippen LogP) is 4.89. The summed E-state index contributed by atoms with van der Waals surface area (Å²) in [6, 6.07) is 10.4. The molecule has 2 aromatic heterocycles. The van der Waals surface area contributed by atoms with Crippen molar-refractivity contribution in [3.8, 4) is 11.8 Å². The molecular weight excluding hydrogens is 490 g/mol. The van der Waals surface area contributed by atoms with E-state index in [0.29, 0.717) is 25.0 Å². The average molecular weight is 518 g/mol. The second kappa shape index (κ2) is 10.0. The van der Waals surface area contributed by atoms with Crippen molar-refractivity contribution >= 4 is 16.7 Å². The zero-order valence-corrected chi connectivity index (χ0v) is 20.9. The monoisotopic (exact) mass is 517 g/mol. The van der Waals surface area contributed by atoms with Crippen LogP contribution in [0, 0.1) is 17.1 Å². The highest BCUT2D eigenvalue weighted by molar-refractivity contribution is 5.89. The molecule has 11 heteroatoms. The van der Waals surface area contributed by atoms with Crippen molar-refractivity contribution in [2.24, 2.45) is 7.05 Å². The van der Waals surface area contributed by atoms with Gasteiger partial charge in [0.2, 0.25) is 5.82 Å². The SMILES string of the molecule is CC[C@@H]1CN(c2c(F)c(=O)n(C)c3ccc(C#N)nc23)[C@@H](C)CN1C(C)c1ccc(OC(F)(F)F)cc1. The Hall–Kier alpha value is -3.65. The van der Waals surface area contributed by atoms with Crippen molar-refractivity contribution < 1.29 is 22.3 Å². The van der Waals surface area contributed by atoms with Gasteiger partial charge in [0, 0.05) is 38.3 Å². The Labute approximate surface area is 211 Å². The lowest BCUT2D eigenvalue weighted by Crippen LogP contribution is -2.58. The topological polar surface area (TPSA) is 74.4 Å². The molecule has 3 aromatic rings. The molecule has 0 bridgehead atoms. The molecule has 0 amide bonds. The van der Waals surface area contributed by atoms with E-state index in [-0.39, 0.29) is 40.8 Å². The van der Waals surface area contributed by atoms with Gasteiger partial charge in [0.25, 0.3) is 5.56 Å². The number of benzene rings is 1. The summed E-state index contributed by atoms with van der Waals surface area (Å²) >= 11 is 0. The number of nitriles is 1. The maximum Gasteiger partial charge on any atom is 0.573 e. The fraction of sp³-hybridized carbons (Fsp3) is 0.423. The van der Waals surface area contributed by atoms with Crippen molar-refractivity contribution in [1.82, 2.24) is 14.5 Å². The maximum atomic E-state index is 15.5. The van der Waals surface area contributed by atoms with Crippen LogP contribution < -0.4 is 15.2 Å². The van der Waals surface area contributed by atoms with E-state index in [4.69, 9.17) is 0 Å². The molecule has 37 heavy (non-hydrogen) atoms. The highest BCUT2D eigenvalue weighted by atomic mass is 19.4. The largest absolute Gasteiger partial charge is 0.573 e. The zero-order valence-electron chi connectivity index (χ0n) is 20.9. The van der Waals surface area contributed by atoms with Crippen LogP contribution in [0.15, 0.2) is 41.2 Å². The van der Waals surface area contributed by atoms with Gasteiger partial charge in [-0.15, -0.1) is 13.2 Å². The van der Waals surface area contributed by atoms with Gasteiger partial charge in [-0.2, -0.15) is 9.65 Å². The van der Waals surface area contributed by atoms with E-state index in [1.807, 2.05) is 31.7 Å². The molecule has 1 fully saturated rings. The Morgan fingerprint density at radius 2 is 1.86 bits per heavy atom. The predicted molar refractivity (Wildman–Crippen MR) is 131 cm³/mol. The molecule has 4 rings (SSSR count). The van der Waals surface area contributed by atoms with Gasteiger partial charge in [0.05, 0.1) is 5.52 Å². The molecule has 0 spiro atoms. The molecule has 1 aliphatic heterocycles. The van der Waals surface area contributed by atoms with Crippen molar-refractivity contribution in [2.45, 2.75) is 51.7 Å². The standard InChI is InChI=1S/C26H27F4N5O2/c1-5-19-14-34(24-22(27)25(36)33(4)21-11-8-18(12-31)32-23(21)24)15(2)13-35(19)16(3)17-6-9-20(10-7-17)37-26(28,29)30/h6-11,15-16,19H,5,13-14H2,1-4H3/t15-,16?,19+/m0/s1. The molecule has 0 aliphatic carbocycles. The van der Waals surface area contributed by atoms with Crippen molar-refractivity contribution in [2.75, 3.05) is 18.0 Å². The second-order valence-corrected chi connectivity index (χ2v) is 9.26. The van der Waals surface area contributed by atoms with Gasteiger partial charge in [-0.3, -0.25) is 9.69 Å². The first kappa shape index (κ1) is 26.4. The van der Waals surface area contributed by atoms with Gasteiger partial charge in [0.1, 0.15) is 28.7 Å². The minimum absolute atomic E-state index is 0.0463. The molecule has 1 saturated heterocycles. The van der Waals surface area contributed by atoms with E-state index in [1.165, 1.54) is 29.8 Å². The molecule has 1 unspecified atom stereocenters. The highest BCUT2D eigenvalue weighted by Gasteiger charge is 2.37. The molecule has 3 atom stereocenters. The number of alkyl halides is 3. The van der Waals surface area contributed by atoms with Crippen LogP contribution in [-0.2, 0) is 7.05 Å². The van der Waals surface area contributed by atoms with Crippen molar-refractivity contribution in [3.05, 3.63) is 63.8 Å². The number of ether oxygens (including phenoxy) is 1. The summed E-state index contributed by atoms with van der Waals surface area (Å²) in [7, 11) is 1.47. The van der Waals surface area contributed by atoms with Gasteiger partial charge in [-0.25, -0.2) is 4.98 Å². The van der Waals surface area contributed by atoms with Gasteiger partial charge in [-0.1, -0.05) is 19.1 Å². The summed E-state index contributed by atoms with van der Waals surface area (Å²) in [6.07, 6.45) is -4.04. The Bertz CT molecular complexity index is 1400. The normalized spacial score (nSPS) is 19.6. The van der Waals surface area contributed by atoms with E-state index in [1.54, 1.807) is 18.2 Å². The molecule has 1 aliphatic rings. The third-order valence-electron chi connectivity index (χ3n) is 7.01. The summed E-state index contributed by atoms with van der Waals surface area (Å²) in [4.78, 5) is 21.1. The number of fused-ring (bicyclic) bond motifs is 1. The van der Waals surface area contributed by atoms with Gasteiger partial charge in [0.15, 0.2) is 0 Å². The van der Waals surface area contributed by atoms with Gasteiger partial charge >= 0.3 is 6.36 Å². The number of halogens is 4. The quantitative estimate of drug-likeness (QED) is 0.449. The third-order valence-corrected chi connectivity index (χ3v) is 7.01. The number of hydrogen-bond donors (Lipinski definition) is 0. The minimum Gasteiger partial charge on any atom is -0.406 e. The van der Waals surface area contributed by atoms with Crippen molar-refractivity contribution in [1.29, 1.82) is 5.26 Å². The molecule has 0 N–H and O–H groups in total. The number of piperazine rings is 1. The Kier molecular flexibility index (Phi) is 7.15. The van der Waals surface area contributed by atoms with Crippen LogP contribution in [0.25, 0.3) is 11.0 Å². The second-order valence-electron chi connectivity index (χ2n) is 9.26. The number of aromatic nitrogens is 2. The van der Waals surface area contributed by atoms with Crippen LogP contribution in [0.4, 0.5) is 23.2 Å². The summed E-state index contributed by atoms with van der Waals surface area (Å²) in [6.45, 7) is 6.80. The fourth-order valence-electron chi connectivity index (χ4n) is 5.04. The van der Waals surface area contributed by atoms with E-state index in [0.717, 1.165) is 5.56 Å². The van der Waals surface area contributed by atoms with Gasteiger partial charge in [-0.05, 0) is 50.1 Å². The Balaban J connectivity index is 1.67. The average Bonchev–Trinajstić information content (AvgIpc) is 2.86. The first-order chi connectivity index (χ1) is 17.4. The molecule has 3 heterocycles. The first-order valence-corrected chi connectivity index (χ1v) is 11.9. The molecular formula is C26H27F4N5O2. The summed E-state index contributed by atoms with van der Waals surface area (Å²) in [5, 5.41) is 9.34. The first-order valence-electron chi connectivity index (χ1n) is 11.9. The van der Waals surface area contributed by atoms with Crippen LogP contribution in [0.1, 0.15) is 44.5 Å². The summed E-state index contributed by atoms with van der Waals surface area (Å²) in [5.41, 5.74) is 0.934. The third kappa shape index (κ3) is 5.11.